The number of imidazole rings is 1. The zero-order valence-electron chi connectivity index (χ0n) is 11.1. The molecular weight excluding hydrogens is 232 g/mol. The van der Waals surface area contributed by atoms with E-state index >= 15 is 0 Å². The standard InChI is InChI=1S/C14H19ClN2/c1-9(2)12-13(14(3,4)5)16-11-8-10(15)6-7-17(11)12/h6-9H,1-5H3. The van der Waals surface area contributed by atoms with Gasteiger partial charge in [-0.25, -0.2) is 4.98 Å². The van der Waals surface area contributed by atoms with Crippen molar-refractivity contribution in [1.82, 2.24) is 9.38 Å². The second-order valence-electron chi connectivity index (χ2n) is 5.82. The molecule has 17 heavy (non-hydrogen) atoms. The molecule has 0 aliphatic carbocycles. The van der Waals surface area contributed by atoms with Crippen molar-refractivity contribution in [2.24, 2.45) is 0 Å². The molecule has 0 radical (unpaired) electrons. The molecule has 2 rings (SSSR count). The molecule has 0 fully saturated rings. The van der Waals surface area contributed by atoms with Gasteiger partial charge in [0, 0.05) is 28.4 Å². The molecule has 2 aromatic rings. The maximum atomic E-state index is 6.02. The third-order valence-electron chi connectivity index (χ3n) is 2.88. The number of halogens is 1. The first-order valence-electron chi connectivity index (χ1n) is 5.98. The molecule has 2 heterocycles. The summed E-state index contributed by atoms with van der Waals surface area (Å²) in [5, 5.41) is 0.735. The van der Waals surface area contributed by atoms with E-state index in [0.29, 0.717) is 5.92 Å². The molecule has 0 amide bonds. The number of nitrogens with zero attached hydrogens (tertiary/aromatic N) is 2. The molecule has 0 bridgehead atoms. The minimum absolute atomic E-state index is 0.0537. The summed E-state index contributed by atoms with van der Waals surface area (Å²) < 4.78 is 2.15. The molecule has 0 saturated heterocycles. The lowest BCUT2D eigenvalue weighted by atomic mass is 9.88. The van der Waals surface area contributed by atoms with E-state index in [1.54, 1.807) is 0 Å². The summed E-state index contributed by atoms with van der Waals surface area (Å²) in [6, 6.07) is 3.83. The Hall–Kier alpha value is -1.02. The van der Waals surface area contributed by atoms with Crippen LogP contribution in [-0.4, -0.2) is 9.38 Å². The molecule has 0 aliphatic rings. The minimum Gasteiger partial charge on any atom is -0.303 e. The number of fused-ring (bicyclic) bond motifs is 1. The Morgan fingerprint density at radius 1 is 1.29 bits per heavy atom. The number of hydrogen-bond donors (Lipinski definition) is 0. The van der Waals surface area contributed by atoms with Crippen molar-refractivity contribution in [3.8, 4) is 0 Å². The summed E-state index contributed by atoms with van der Waals surface area (Å²) >= 11 is 6.02. The molecule has 0 saturated carbocycles. The fraction of sp³-hybridized carbons (Fsp3) is 0.500. The van der Waals surface area contributed by atoms with Crippen LogP contribution in [0.3, 0.4) is 0 Å². The van der Waals surface area contributed by atoms with Crippen LogP contribution < -0.4 is 0 Å². The molecule has 0 N–H and O–H groups in total. The lowest BCUT2D eigenvalue weighted by Gasteiger charge is -2.19. The van der Waals surface area contributed by atoms with E-state index in [0.717, 1.165) is 16.4 Å². The Bertz CT molecular complexity index is 547. The quantitative estimate of drug-likeness (QED) is 0.733. The Labute approximate surface area is 108 Å². The van der Waals surface area contributed by atoms with E-state index in [-0.39, 0.29) is 5.41 Å². The van der Waals surface area contributed by atoms with Crippen LogP contribution in [-0.2, 0) is 5.41 Å². The molecule has 0 unspecified atom stereocenters. The van der Waals surface area contributed by atoms with Crippen molar-refractivity contribution < 1.29 is 0 Å². The van der Waals surface area contributed by atoms with Crippen molar-refractivity contribution in [3.05, 3.63) is 34.7 Å². The monoisotopic (exact) mass is 250 g/mol. The lowest BCUT2D eigenvalue weighted by molar-refractivity contribution is 0.557. The lowest BCUT2D eigenvalue weighted by Crippen LogP contribution is -2.15. The van der Waals surface area contributed by atoms with E-state index in [4.69, 9.17) is 16.6 Å². The SMILES string of the molecule is CC(C)c1c(C(C)(C)C)nc2cc(Cl)ccn12. The van der Waals surface area contributed by atoms with Gasteiger partial charge in [-0.1, -0.05) is 46.2 Å². The second-order valence-corrected chi connectivity index (χ2v) is 6.26. The van der Waals surface area contributed by atoms with E-state index in [1.165, 1.54) is 5.69 Å². The van der Waals surface area contributed by atoms with Gasteiger partial charge in [-0.05, 0) is 12.0 Å². The predicted octanol–water partition coefficient (Wildman–Crippen LogP) is 4.41. The average Bonchev–Trinajstić information content (AvgIpc) is 2.55. The molecule has 3 heteroatoms. The van der Waals surface area contributed by atoms with Gasteiger partial charge in [0.25, 0.3) is 0 Å². The van der Waals surface area contributed by atoms with Crippen molar-refractivity contribution >= 4 is 17.2 Å². The van der Waals surface area contributed by atoms with Crippen LogP contribution in [0, 0.1) is 0 Å². The highest BCUT2D eigenvalue weighted by molar-refractivity contribution is 6.30. The number of pyridine rings is 1. The third-order valence-corrected chi connectivity index (χ3v) is 3.12. The molecule has 0 spiro atoms. The highest BCUT2D eigenvalue weighted by Gasteiger charge is 2.25. The maximum absolute atomic E-state index is 6.02. The Kier molecular flexibility index (Phi) is 2.94. The van der Waals surface area contributed by atoms with Gasteiger partial charge >= 0.3 is 0 Å². The van der Waals surface area contributed by atoms with E-state index in [2.05, 4.69) is 39.0 Å². The average molecular weight is 251 g/mol. The second kappa shape index (κ2) is 4.02. The van der Waals surface area contributed by atoms with Crippen LogP contribution in [0.15, 0.2) is 18.3 Å². The molecule has 2 aromatic heterocycles. The van der Waals surface area contributed by atoms with Crippen LogP contribution in [0.25, 0.3) is 5.65 Å². The van der Waals surface area contributed by atoms with Crippen molar-refractivity contribution in [1.29, 1.82) is 0 Å². The van der Waals surface area contributed by atoms with Gasteiger partial charge in [-0.2, -0.15) is 0 Å². The molecular formula is C14H19ClN2. The van der Waals surface area contributed by atoms with E-state index in [9.17, 15) is 0 Å². The van der Waals surface area contributed by atoms with E-state index in [1.807, 2.05) is 18.3 Å². The van der Waals surface area contributed by atoms with Gasteiger partial charge in [-0.15, -0.1) is 0 Å². The normalized spacial score (nSPS) is 12.6. The van der Waals surface area contributed by atoms with Crippen LogP contribution >= 0.6 is 11.6 Å². The van der Waals surface area contributed by atoms with Crippen LogP contribution in [0.1, 0.15) is 51.9 Å². The summed E-state index contributed by atoms with van der Waals surface area (Å²) in [6.45, 7) is 11.0. The summed E-state index contributed by atoms with van der Waals surface area (Å²) in [4.78, 5) is 4.74. The Morgan fingerprint density at radius 2 is 1.94 bits per heavy atom. The van der Waals surface area contributed by atoms with Gasteiger partial charge in [-0.3, -0.25) is 0 Å². The van der Waals surface area contributed by atoms with Gasteiger partial charge in [0.2, 0.25) is 0 Å². The predicted molar refractivity (Wildman–Crippen MR) is 73.0 cm³/mol. The Morgan fingerprint density at radius 3 is 2.47 bits per heavy atom. The van der Waals surface area contributed by atoms with Crippen molar-refractivity contribution in [2.45, 2.75) is 46.0 Å². The molecule has 2 nitrogen and oxygen atoms in total. The zero-order valence-corrected chi connectivity index (χ0v) is 11.8. The summed E-state index contributed by atoms with van der Waals surface area (Å²) in [6.07, 6.45) is 2.01. The van der Waals surface area contributed by atoms with Gasteiger partial charge < -0.3 is 4.40 Å². The van der Waals surface area contributed by atoms with Gasteiger partial charge in [0.05, 0.1) is 5.69 Å². The van der Waals surface area contributed by atoms with E-state index < -0.39 is 0 Å². The van der Waals surface area contributed by atoms with Crippen molar-refractivity contribution in [3.63, 3.8) is 0 Å². The first kappa shape index (κ1) is 12.4. The highest BCUT2D eigenvalue weighted by atomic mass is 35.5. The fourth-order valence-electron chi connectivity index (χ4n) is 2.14. The van der Waals surface area contributed by atoms with Gasteiger partial charge in [0.1, 0.15) is 5.65 Å². The van der Waals surface area contributed by atoms with Crippen LogP contribution in [0.4, 0.5) is 0 Å². The third kappa shape index (κ3) is 2.19. The minimum atomic E-state index is 0.0537. The molecule has 0 aliphatic heterocycles. The molecule has 0 aromatic carbocycles. The number of hydrogen-bond acceptors (Lipinski definition) is 1. The van der Waals surface area contributed by atoms with Crippen LogP contribution in [0.5, 0.6) is 0 Å². The Balaban J connectivity index is 2.80. The summed E-state index contributed by atoms with van der Waals surface area (Å²) in [7, 11) is 0. The summed E-state index contributed by atoms with van der Waals surface area (Å²) in [5.74, 6) is 0.445. The smallest absolute Gasteiger partial charge is 0.138 e. The van der Waals surface area contributed by atoms with Crippen molar-refractivity contribution in [2.75, 3.05) is 0 Å². The number of rotatable bonds is 1. The molecule has 92 valence electrons. The first-order chi connectivity index (χ1) is 7.80. The molecule has 0 atom stereocenters. The first-order valence-corrected chi connectivity index (χ1v) is 6.36. The topological polar surface area (TPSA) is 17.3 Å². The zero-order chi connectivity index (χ0) is 12.8. The maximum Gasteiger partial charge on any atom is 0.138 e. The number of aromatic nitrogens is 2. The highest BCUT2D eigenvalue weighted by Crippen LogP contribution is 2.31. The van der Waals surface area contributed by atoms with Crippen LogP contribution in [0.2, 0.25) is 5.02 Å². The fourth-order valence-corrected chi connectivity index (χ4v) is 2.30. The largest absolute Gasteiger partial charge is 0.303 e. The van der Waals surface area contributed by atoms with Gasteiger partial charge in [0.15, 0.2) is 0 Å². The summed E-state index contributed by atoms with van der Waals surface area (Å²) in [5.41, 5.74) is 3.43.